The number of hydrogen-bond donors (Lipinski definition) is 0. The Morgan fingerprint density at radius 3 is 1.17 bits per heavy atom. The maximum Gasteiger partial charge on any atom is 0.188 e. The van der Waals surface area contributed by atoms with E-state index < -0.39 is 13.0 Å². The zero-order valence-electron chi connectivity index (χ0n) is 18.3. The summed E-state index contributed by atoms with van der Waals surface area (Å²) in [6.45, 7) is 6.42. The fourth-order valence-electron chi connectivity index (χ4n) is 2.18. The van der Waals surface area contributed by atoms with Gasteiger partial charge in [-0.15, -0.1) is 0 Å². The van der Waals surface area contributed by atoms with Crippen LogP contribution in [0.15, 0.2) is 0 Å². The van der Waals surface area contributed by atoms with Gasteiger partial charge in [-0.25, -0.2) is 0 Å². The van der Waals surface area contributed by atoms with Crippen molar-refractivity contribution in [2.45, 2.75) is 53.4 Å². The third kappa shape index (κ3) is 19.5. The Bertz CT molecular complexity index is 428. The van der Waals surface area contributed by atoms with Gasteiger partial charge in [-0.1, -0.05) is 21.6 Å². The Hall–Kier alpha value is 3.24. The molecule has 0 saturated carbocycles. The van der Waals surface area contributed by atoms with Gasteiger partial charge in [0.05, 0.1) is 26.4 Å². The predicted octanol–water partition coefficient (Wildman–Crippen LogP) is 9.29. The summed E-state index contributed by atoms with van der Waals surface area (Å²) in [5.41, 5.74) is 0. The second kappa shape index (κ2) is 22.7. The molecule has 0 saturated heterocycles. The first-order valence-corrected chi connectivity index (χ1v) is 23.6. The monoisotopic (exact) mass is 610 g/mol. The van der Waals surface area contributed by atoms with E-state index in [1.807, 2.05) is 88.6 Å². The van der Waals surface area contributed by atoms with E-state index in [-0.39, 0.29) is 0 Å². The summed E-state index contributed by atoms with van der Waals surface area (Å²) in [5, 5.41) is 0. The fraction of sp³-hybridized carbons (Fsp3) is 1.00. The molecule has 0 radical (unpaired) electrons. The Morgan fingerprint density at radius 1 is 0.533 bits per heavy atom. The van der Waals surface area contributed by atoms with Crippen LogP contribution in [0.25, 0.3) is 0 Å². The molecule has 0 aliphatic rings. The number of hydrogen-bond acceptors (Lipinski definition) is 12. The van der Waals surface area contributed by atoms with Crippen LogP contribution in [-0.2, 0) is 41.7 Å². The van der Waals surface area contributed by atoms with Gasteiger partial charge in [-0.05, 0) is 116 Å². The molecule has 14 heteroatoms. The smallest absolute Gasteiger partial charge is 0.188 e. The van der Waals surface area contributed by atoms with Crippen LogP contribution in [0.5, 0.6) is 0 Å². The van der Waals surface area contributed by atoms with Gasteiger partial charge >= 0.3 is 0 Å². The van der Waals surface area contributed by atoms with Gasteiger partial charge in [0.15, 0.2) is 13.0 Å². The first-order valence-electron chi connectivity index (χ1n) is 10.1. The highest BCUT2D eigenvalue weighted by atomic mass is 33.9. The van der Waals surface area contributed by atoms with Crippen molar-refractivity contribution in [3.8, 4) is 0 Å². The van der Waals surface area contributed by atoms with Crippen LogP contribution >= 0.6 is 73.9 Å². The molecule has 182 valence electrons. The van der Waals surface area contributed by atoms with E-state index in [0.29, 0.717) is 26.4 Å². The van der Waals surface area contributed by atoms with Crippen molar-refractivity contribution >= 4 is 97.5 Å². The van der Waals surface area contributed by atoms with Gasteiger partial charge in [0, 0.05) is 23.8 Å². The summed E-state index contributed by atoms with van der Waals surface area (Å²) >= 11 is 11.1. The normalized spacial score (nSPS) is 12.5. The molecule has 0 aromatic heterocycles. The molecule has 0 aromatic carbocycles. The average Bonchev–Trinajstić information content (AvgIpc) is 2.69. The molecule has 0 aromatic rings. The van der Waals surface area contributed by atoms with Crippen molar-refractivity contribution < 1.29 is 18.1 Å². The molecule has 0 aliphatic heterocycles. The van der Waals surface area contributed by atoms with Crippen LogP contribution in [0, 0.1) is 0 Å². The van der Waals surface area contributed by atoms with Gasteiger partial charge in [0.2, 0.25) is 0 Å². The first kappa shape index (κ1) is 33.2. The third-order valence-corrected chi connectivity index (χ3v) is 21.1. The minimum absolute atomic E-state index is 0.641. The predicted molar refractivity (Wildman–Crippen MR) is 159 cm³/mol. The van der Waals surface area contributed by atoms with E-state index in [1.165, 1.54) is 0 Å². The van der Waals surface area contributed by atoms with Gasteiger partial charge in [-0.3, -0.25) is 0 Å². The first-order chi connectivity index (χ1) is 14.4. The molecule has 0 fully saturated rings. The maximum absolute atomic E-state index is 5.68. The quantitative estimate of drug-likeness (QED) is 0.0628. The van der Waals surface area contributed by atoms with Crippen molar-refractivity contribution in [1.29, 1.82) is 0 Å². The van der Waals surface area contributed by atoms with Crippen LogP contribution in [-0.4, -0.2) is 50.3 Å². The third-order valence-electron chi connectivity index (χ3n) is 3.30. The lowest BCUT2D eigenvalue weighted by Crippen LogP contribution is -2.00. The van der Waals surface area contributed by atoms with Gasteiger partial charge in [0.25, 0.3) is 0 Å². The summed E-state index contributed by atoms with van der Waals surface area (Å²) < 4.78 is 22.7. The van der Waals surface area contributed by atoms with E-state index >= 15 is 0 Å². The summed E-state index contributed by atoms with van der Waals surface area (Å²) in [7, 11) is 11.2. The minimum atomic E-state index is -2.03. The van der Waals surface area contributed by atoms with E-state index in [2.05, 4.69) is 0 Å². The van der Waals surface area contributed by atoms with Gasteiger partial charge in [-0.2, -0.15) is 0 Å². The van der Waals surface area contributed by atoms with Crippen LogP contribution < -0.4 is 0 Å². The second-order valence-electron chi connectivity index (χ2n) is 5.67. The van der Waals surface area contributed by atoms with Crippen LogP contribution in [0.2, 0.25) is 0 Å². The molecule has 0 atom stereocenters. The lowest BCUT2D eigenvalue weighted by molar-refractivity contribution is 0.265. The lowest BCUT2D eigenvalue weighted by Gasteiger charge is -2.20. The topological polar surface area (TPSA) is 36.9 Å². The van der Waals surface area contributed by atoms with Crippen LogP contribution in [0.3, 0.4) is 0 Å². The van der Waals surface area contributed by atoms with E-state index in [0.717, 1.165) is 49.5 Å². The summed E-state index contributed by atoms with van der Waals surface area (Å²) in [6.07, 6.45) is 6.22. The van der Waals surface area contributed by atoms with E-state index in [9.17, 15) is 0 Å². The van der Waals surface area contributed by atoms with E-state index in [4.69, 9.17) is 41.7 Å². The Labute approximate surface area is 217 Å². The standard InChI is InChI=1S/C16H36O4P2S8/c1-5-17-21(23,18-6-2)13-9-11-15-25-27-29-30-28-26-16-12-10-14-22(24,19-7-3)20-8-4/h5-16H2,1-4H3. The summed E-state index contributed by atoms with van der Waals surface area (Å²) in [6, 6.07) is 0. The van der Waals surface area contributed by atoms with Crippen molar-refractivity contribution in [3.05, 3.63) is 0 Å². The Morgan fingerprint density at radius 2 is 0.867 bits per heavy atom. The van der Waals surface area contributed by atoms with Crippen LogP contribution in [0.4, 0.5) is 0 Å². The zero-order chi connectivity index (χ0) is 22.6. The van der Waals surface area contributed by atoms with Gasteiger partial charge in [0.1, 0.15) is 0 Å². The molecule has 0 aliphatic carbocycles. The molecular formula is C16H36O4P2S8. The van der Waals surface area contributed by atoms with E-state index in [1.54, 1.807) is 0 Å². The zero-order valence-corrected chi connectivity index (χ0v) is 26.6. The minimum Gasteiger partial charge on any atom is -0.330 e. The summed E-state index contributed by atoms with van der Waals surface area (Å²) in [5.74, 6) is 2.27. The largest absolute Gasteiger partial charge is 0.330 e. The highest BCUT2D eigenvalue weighted by Crippen LogP contribution is 2.53. The Kier molecular flexibility index (Phi) is 25.1. The average molecular weight is 611 g/mol. The SMILES string of the molecule is CCOP(=S)(CCCCSSSSSSCCCCP(=S)(OCC)OCC)OCC. The van der Waals surface area contributed by atoms with Gasteiger partial charge < -0.3 is 18.1 Å². The van der Waals surface area contributed by atoms with Crippen LogP contribution in [0.1, 0.15) is 53.4 Å². The maximum atomic E-state index is 5.68. The molecule has 0 spiro atoms. The molecular weight excluding hydrogens is 575 g/mol. The highest BCUT2D eigenvalue weighted by molar-refractivity contribution is 9.41. The molecule has 0 heterocycles. The fourth-order valence-corrected chi connectivity index (χ4v) is 19.4. The van der Waals surface area contributed by atoms with Crippen molar-refractivity contribution in [2.75, 3.05) is 50.3 Å². The lowest BCUT2D eigenvalue weighted by atomic mass is 10.4. The molecule has 0 bridgehead atoms. The highest BCUT2D eigenvalue weighted by Gasteiger charge is 2.17. The molecule has 0 unspecified atom stereocenters. The molecule has 30 heavy (non-hydrogen) atoms. The number of rotatable bonds is 23. The Balaban J connectivity index is 3.50. The second-order valence-corrected chi connectivity index (χ2v) is 23.2. The van der Waals surface area contributed by atoms with Crippen molar-refractivity contribution in [2.24, 2.45) is 0 Å². The summed E-state index contributed by atoms with van der Waals surface area (Å²) in [4.78, 5) is 0. The molecule has 0 rings (SSSR count). The molecule has 4 nitrogen and oxygen atoms in total. The molecule has 0 N–H and O–H groups in total. The van der Waals surface area contributed by atoms with Crippen molar-refractivity contribution in [3.63, 3.8) is 0 Å². The number of unbranched alkanes of at least 4 members (excludes halogenated alkanes) is 2. The van der Waals surface area contributed by atoms with Crippen molar-refractivity contribution in [1.82, 2.24) is 0 Å². The molecule has 0 amide bonds.